The van der Waals surface area contributed by atoms with Gasteiger partial charge < -0.3 is 10.2 Å². The van der Waals surface area contributed by atoms with Gasteiger partial charge in [0, 0.05) is 23.3 Å². The summed E-state index contributed by atoms with van der Waals surface area (Å²) in [6.45, 7) is 6.20. The first-order chi connectivity index (χ1) is 14.6. The molecule has 1 aliphatic heterocycles. The van der Waals surface area contributed by atoms with Crippen molar-refractivity contribution in [1.29, 1.82) is 0 Å². The average Bonchev–Trinajstić information content (AvgIpc) is 3.29. The molecule has 0 bridgehead atoms. The fourth-order valence-corrected chi connectivity index (χ4v) is 4.45. The van der Waals surface area contributed by atoms with Crippen LogP contribution < -0.4 is 15.5 Å². The van der Waals surface area contributed by atoms with E-state index in [2.05, 4.69) is 35.6 Å². The molecule has 152 valence electrons. The van der Waals surface area contributed by atoms with Gasteiger partial charge in [0.15, 0.2) is 10.9 Å². The number of thiazole rings is 1. The average molecular weight is 421 g/mol. The maximum atomic E-state index is 12.3. The predicted octanol–water partition coefficient (Wildman–Crippen LogP) is 3.56. The number of benzene rings is 1. The third kappa shape index (κ3) is 3.45. The predicted molar refractivity (Wildman–Crippen MR) is 117 cm³/mol. The van der Waals surface area contributed by atoms with E-state index in [4.69, 9.17) is 0 Å². The zero-order valence-electron chi connectivity index (χ0n) is 16.6. The van der Waals surface area contributed by atoms with Crippen molar-refractivity contribution in [3.63, 3.8) is 0 Å². The molecule has 1 aliphatic rings. The van der Waals surface area contributed by atoms with Crippen molar-refractivity contribution in [1.82, 2.24) is 24.7 Å². The molecule has 2 amide bonds. The molecule has 0 unspecified atom stereocenters. The summed E-state index contributed by atoms with van der Waals surface area (Å²) in [5.41, 5.74) is 4.61. The summed E-state index contributed by atoms with van der Waals surface area (Å²) in [5, 5.41) is 10.8. The summed E-state index contributed by atoms with van der Waals surface area (Å²) in [4.78, 5) is 28.7. The molecule has 0 saturated heterocycles. The molecule has 0 fully saturated rings. The van der Waals surface area contributed by atoms with Gasteiger partial charge in [-0.3, -0.25) is 10.00 Å². The number of carbonyl (C=O) groups excluding carboxylic acids is 1. The minimum atomic E-state index is -0.309. The molecule has 5 rings (SSSR count). The first-order valence-corrected chi connectivity index (χ1v) is 10.4. The van der Waals surface area contributed by atoms with Crippen molar-refractivity contribution in [3.8, 4) is 0 Å². The van der Waals surface area contributed by atoms with Crippen molar-refractivity contribution in [2.24, 2.45) is 0 Å². The van der Waals surface area contributed by atoms with E-state index in [-0.39, 0.29) is 6.03 Å². The first kappa shape index (κ1) is 18.5. The van der Waals surface area contributed by atoms with Gasteiger partial charge in [-0.1, -0.05) is 23.5 Å². The van der Waals surface area contributed by atoms with Crippen molar-refractivity contribution < 1.29 is 4.79 Å². The molecule has 4 heterocycles. The maximum Gasteiger partial charge on any atom is 0.325 e. The van der Waals surface area contributed by atoms with Crippen LogP contribution in [0.25, 0.3) is 11.0 Å². The Labute approximate surface area is 176 Å². The zero-order valence-corrected chi connectivity index (χ0v) is 17.4. The Kier molecular flexibility index (Phi) is 4.55. The Morgan fingerprint density at radius 3 is 2.93 bits per heavy atom. The van der Waals surface area contributed by atoms with E-state index in [1.54, 1.807) is 12.5 Å². The van der Waals surface area contributed by atoms with Crippen LogP contribution in [-0.4, -0.2) is 37.3 Å². The molecule has 0 saturated carbocycles. The summed E-state index contributed by atoms with van der Waals surface area (Å²) in [6.07, 6.45) is 3.38. The van der Waals surface area contributed by atoms with Gasteiger partial charge in [-0.25, -0.2) is 19.7 Å². The van der Waals surface area contributed by atoms with Crippen molar-refractivity contribution >= 4 is 45.0 Å². The topological polar surface area (TPSA) is 101 Å². The van der Waals surface area contributed by atoms with Crippen LogP contribution in [0.2, 0.25) is 0 Å². The second-order valence-electron chi connectivity index (χ2n) is 7.20. The highest BCUT2D eigenvalue weighted by Gasteiger charge is 2.24. The number of hydrogen-bond acceptors (Lipinski definition) is 7. The van der Waals surface area contributed by atoms with E-state index in [0.717, 1.165) is 51.8 Å². The zero-order chi connectivity index (χ0) is 20.7. The summed E-state index contributed by atoms with van der Waals surface area (Å²) in [7, 11) is 0. The lowest BCUT2D eigenvalue weighted by atomic mass is 10.2. The van der Waals surface area contributed by atoms with Crippen LogP contribution >= 0.6 is 11.3 Å². The molecule has 0 radical (unpaired) electrons. The number of aryl methyl sites for hydroxylation is 2. The largest absolute Gasteiger partial charge is 0.348 e. The van der Waals surface area contributed by atoms with Gasteiger partial charge in [0.2, 0.25) is 0 Å². The Morgan fingerprint density at radius 1 is 1.17 bits per heavy atom. The Morgan fingerprint density at radius 2 is 2.07 bits per heavy atom. The molecule has 0 spiro atoms. The van der Waals surface area contributed by atoms with Crippen LogP contribution in [0.3, 0.4) is 0 Å². The van der Waals surface area contributed by atoms with Crippen LogP contribution in [-0.2, 0) is 13.1 Å². The quantitative estimate of drug-likeness (QED) is 0.523. The van der Waals surface area contributed by atoms with E-state index in [0.29, 0.717) is 11.7 Å². The summed E-state index contributed by atoms with van der Waals surface area (Å²) in [6, 6.07) is 7.35. The third-order valence-corrected chi connectivity index (χ3v) is 5.85. The highest BCUT2D eigenvalue weighted by atomic mass is 32.1. The smallest absolute Gasteiger partial charge is 0.325 e. The molecule has 10 heteroatoms. The lowest BCUT2D eigenvalue weighted by Gasteiger charge is -2.27. The van der Waals surface area contributed by atoms with Gasteiger partial charge in [0.05, 0.1) is 18.8 Å². The van der Waals surface area contributed by atoms with E-state index in [1.165, 1.54) is 11.3 Å². The fraction of sp³-hybridized carbons (Fsp3) is 0.250. The lowest BCUT2D eigenvalue weighted by molar-refractivity contribution is 0.262. The molecule has 4 aromatic rings. The maximum absolute atomic E-state index is 12.3. The summed E-state index contributed by atoms with van der Waals surface area (Å²) < 4.78 is 1.98. The van der Waals surface area contributed by atoms with E-state index < -0.39 is 0 Å². The van der Waals surface area contributed by atoms with Gasteiger partial charge in [0.1, 0.15) is 17.4 Å². The summed E-state index contributed by atoms with van der Waals surface area (Å²) in [5.74, 6) is 0.881. The number of carbonyl (C=O) groups is 1. The van der Waals surface area contributed by atoms with Crippen molar-refractivity contribution in [2.75, 3.05) is 22.1 Å². The first-order valence-electron chi connectivity index (χ1n) is 9.59. The number of urea groups is 1. The van der Waals surface area contributed by atoms with Crippen LogP contribution in [0, 0.1) is 13.8 Å². The number of nitrogens with zero attached hydrogens (tertiary/aromatic N) is 6. The summed E-state index contributed by atoms with van der Waals surface area (Å²) >= 11 is 1.45. The Balaban J connectivity index is 1.28. The molecule has 0 aliphatic carbocycles. The molecule has 9 nitrogen and oxygen atoms in total. The number of nitrogens with one attached hydrogen (secondary N) is 2. The molecule has 3 aromatic heterocycles. The molecule has 1 aromatic carbocycles. The van der Waals surface area contributed by atoms with Crippen molar-refractivity contribution in [2.45, 2.75) is 26.9 Å². The highest BCUT2D eigenvalue weighted by molar-refractivity contribution is 7.15. The minimum absolute atomic E-state index is 0.309. The molecular weight excluding hydrogens is 400 g/mol. The van der Waals surface area contributed by atoms with E-state index >= 15 is 0 Å². The van der Waals surface area contributed by atoms with E-state index in [9.17, 15) is 4.79 Å². The lowest BCUT2D eigenvalue weighted by Crippen LogP contribution is -2.32. The van der Waals surface area contributed by atoms with E-state index in [1.807, 2.05) is 42.8 Å². The Bertz CT molecular complexity index is 1250. The van der Waals surface area contributed by atoms with Crippen LogP contribution in [0.1, 0.15) is 16.1 Å². The van der Waals surface area contributed by atoms with Gasteiger partial charge in [-0.05, 0) is 31.5 Å². The normalized spacial score (nSPS) is 12.9. The van der Waals surface area contributed by atoms with Crippen LogP contribution in [0.15, 0.2) is 36.8 Å². The van der Waals surface area contributed by atoms with Gasteiger partial charge in [-0.2, -0.15) is 5.10 Å². The van der Waals surface area contributed by atoms with Crippen LogP contribution in [0.4, 0.5) is 21.4 Å². The second-order valence-corrected chi connectivity index (χ2v) is 8.32. The number of aromatic nitrogens is 5. The number of rotatable bonds is 4. The standard InChI is InChI=1S/C20H20N8OS/c1-12-4-3-5-14(8-12)24-19(29)25-20-21-9-15(30-20)10-27-6-7-28-17-16(13(2)26-28)22-11-23-18(17)27/h3-5,8-9,11H,6-7,10H2,1-2H3,(H2,21,24,25,29). The monoisotopic (exact) mass is 420 g/mol. The minimum Gasteiger partial charge on any atom is -0.348 e. The second kappa shape index (κ2) is 7.38. The third-order valence-electron chi connectivity index (χ3n) is 4.95. The highest BCUT2D eigenvalue weighted by Crippen LogP contribution is 2.30. The number of hydrogen-bond donors (Lipinski definition) is 2. The van der Waals surface area contributed by atoms with Gasteiger partial charge in [-0.15, -0.1) is 0 Å². The van der Waals surface area contributed by atoms with Crippen LogP contribution in [0.5, 0.6) is 0 Å². The van der Waals surface area contributed by atoms with Crippen molar-refractivity contribution in [3.05, 3.63) is 52.9 Å². The number of amides is 2. The van der Waals surface area contributed by atoms with Gasteiger partial charge >= 0.3 is 6.03 Å². The molecule has 0 atom stereocenters. The fourth-order valence-electron chi connectivity index (χ4n) is 3.63. The molecule has 30 heavy (non-hydrogen) atoms. The molecular formula is C20H20N8OS. The SMILES string of the molecule is Cc1cccc(NC(=O)Nc2ncc(CN3CCn4nc(C)c5ncnc3c54)s2)c1. The molecule has 2 N–H and O–H groups in total. The number of anilines is 3. The van der Waals surface area contributed by atoms with Gasteiger partial charge in [0.25, 0.3) is 0 Å². The Hall–Kier alpha value is -3.53.